The first kappa shape index (κ1) is 19.1. The van der Waals surface area contributed by atoms with Gasteiger partial charge >= 0.3 is 0 Å². The van der Waals surface area contributed by atoms with Crippen molar-refractivity contribution in [2.24, 2.45) is 7.05 Å². The smallest absolute Gasteiger partial charge is 0.272 e. The Kier molecular flexibility index (Phi) is 5.39. The Hall–Kier alpha value is -3.68. The van der Waals surface area contributed by atoms with Crippen molar-refractivity contribution in [3.63, 3.8) is 0 Å². The van der Waals surface area contributed by atoms with E-state index in [0.717, 1.165) is 5.56 Å². The predicted molar refractivity (Wildman–Crippen MR) is 103 cm³/mol. The van der Waals surface area contributed by atoms with E-state index in [1.54, 1.807) is 26.4 Å². The molecule has 1 heterocycles. The molecule has 0 aliphatic heterocycles. The number of nitrogens with one attached hydrogen (secondary N) is 1. The molecule has 1 amide bonds. The van der Waals surface area contributed by atoms with Crippen molar-refractivity contribution in [2.75, 3.05) is 7.11 Å². The maximum absolute atomic E-state index is 12.9. The zero-order valence-electron chi connectivity index (χ0n) is 15.7. The molecule has 1 atom stereocenters. The summed E-state index contributed by atoms with van der Waals surface area (Å²) in [6.07, 6.45) is 3.45. The lowest BCUT2D eigenvalue weighted by Gasteiger charge is -2.20. The number of hydrogen-bond donors (Lipinski definition) is 1. The van der Waals surface area contributed by atoms with E-state index < -0.39 is 11.0 Å². The van der Waals surface area contributed by atoms with E-state index in [2.05, 4.69) is 10.3 Å². The minimum absolute atomic E-state index is 0.0232. The molecule has 8 nitrogen and oxygen atoms in total. The summed E-state index contributed by atoms with van der Waals surface area (Å²) in [5.74, 6) is 0.964. The van der Waals surface area contributed by atoms with Gasteiger partial charge in [-0.05, 0) is 36.8 Å². The van der Waals surface area contributed by atoms with E-state index >= 15 is 0 Å². The summed E-state index contributed by atoms with van der Waals surface area (Å²) < 4.78 is 7.11. The zero-order valence-corrected chi connectivity index (χ0v) is 15.7. The molecule has 8 heteroatoms. The highest BCUT2D eigenvalue weighted by molar-refractivity contribution is 5.95. The number of rotatable bonds is 6. The lowest BCUT2D eigenvalue weighted by atomic mass is 10.0. The van der Waals surface area contributed by atoms with Crippen molar-refractivity contribution in [3.8, 4) is 5.75 Å². The third-order valence-electron chi connectivity index (χ3n) is 4.47. The molecule has 28 heavy (non-hydrogen) atoms. The van der Waals surface area contributed by atoms with Gasteiger partial charge in [-0.3, -0.25) is 14.9 Å². The van der Waals surface area contributed by atoms with Gasteiger partial charge < -0.3 is 14.6 Å². The van der Waals surface area contributed by atoms with Crippen LogP contribution >= 0.6 is 0 Å². The quantitative estimate of drug-likeness (QED) is 0.523. The highest BCUT2D eigenvalue weighted by Crippen LogP contribution is 2.25. The number of hydrogen-bond acceptors (Lipinski definition) is 5. The number of carbonyl (C=O) groups is 1. The van der Waals surface area contributed by atoms with Gasteiger partial charge in [0, 0.05) is 36.6 Å². The molecule has 0 aliphatic carbocycles. The van der Waals surface area contributed by atoms with Crippen LogP contribution in [-0.4, -0.2) is 27.5 Å². The molecule has 0 fully saturated rings. The van der Waals surface area contributed by atoms with Crippen molar-refractivity contribution in [1.82, 2.24) is 14.9 Å². The molecule has 1 unspecified atom stereocenters. The Morgan fingerprint density at radius 2 is 2.07 bits per heavy atom. The highest BCUT2D eigenvalue weighted by Gasteiger charge is 2.23. The highest BCUT2D eigenvalue weighted by atomic mass is 16.6. The molecule has 144 valence electrons. The monoisotopic (exact) mass is 380 g/mol. The Bertz CT molecular complexity index is 1030. The van der Waals surface area contributed by atoms with Gasteiger partial charge in [0.2, 0.25) is 0 Å². The number of ether oxygens (including phenoxy) is 1. The molecule has 3 rings (SSSR count). The van der Waals surface area contributed by atoms with Crippen molar-refractivity contribution < 1.29 is 14.5 Å². The second-order valence-corrected chi connectivity index (χ2v) is 6.34. The average Bonchev–Trinajstić information content (AvgIpc) is 3.11. The van der Waals surface area contributed by atoms with Crippen LogP contribution in [0.3, 0.4) is 0 Å². The van der Waals surface area contributed by atoms with Crippen LogP contribution in [0, 0.1) is 17.0 Å². The Labute approximate surface area is 161 Å². The summed E-state index contributed by atoms with van der Waals surface area (Å²) in [6, 6.07) is 11.1. The first-order valence-corrected chi connectivity index (χ1v) is 8.57. The number of nitro groups is 1. The van der Waals surface area contributed by atoms with E-state index in [1.165, 1.54) is 18.2 Å². The number of amides is 1. The van der Waals surface area contributed by atoms with Crippen LogP contribution in [-0.2, 0) is 7.05 Å². The lowest BCUT2D eigenvalue weighted by molar-refractivity contribution is -0.385. The minimum Gasteiger partial charge on any atom is -0.497 e. The van der Waals surface area contributed by atoms with Crippen LogP contribution in [0.15, 0.2) is 54.9 Å². The molecule has 0 saturated carbocycles. The van der Waals surface area contributed by atoms with Gasteiger partial charge in [-0.15, -0.1) is 0 Å². The van der Waals surface area contributed by atoms with Crippen molar-refractivity contribution in [1.29, 1.82) is 0 Å². The lowest BCUT2D eigenvalue weighted by Crippen LogP contribution is -2.31. The van der Waals surface area contributed by atoms with Gasteiger partial charge in [0.15, 0.2) is 0 Å². The third kappa shape index (κ3) is 3.85. The van der Waals surface area contributed by atoms with Crippen molar-refractivity contribution >= 4 is 11.6 Å². The Morgan fingerprint density at radius 3 is 2.68 bits per heavy atom. The predicted octanol–water partition coefficient (Wildman–Crippen LogP) is 3.16. The third-order valence-corrected chi connectivity index (χ3v) is 4.47. The van der Waals surface area contributed by atoms with E-state index in [-0.39, 0.29) is 11.6 Å². The standard InChI is InChI=1S/C20H20N4O4/c1-13-11-15(7-8-17(13)24(26)27)20(25)22-18(19-21-9-10-23(19)2)14-5-4-6-16(12-14)28-3/h4-12,18H,1-3H3,(H,22,25). The van der Waals surface area contributed by atoms with E-state index in [1.807, 2.05) is 35.9 Å². The molecule has 0 spiro atoms. The van der Waals surface area contributed by atoms with Crippen LogP contribution in [0.5, 0.6) is 5.75 Å². The summed E-state index contributed by atoms with van der Waals surface area (Å²) in [5, 5.41) is 14.0. The van der Waals surface area contributed by atoms with Crippen LogP contribution in [0.2, 0.25) is 0 Å². The maximum atomic E-state index is 12.9. The SMILES string of the molecule is COc1cccc(C(NC(=O)c2ccc([N+](=O)[O-])c(C)c2)c2nccn2C)c1. The minimum atomic E-state index is -0.516. The fourth-order valence-electron chi connectivity index (χ4n) is 2.99. The molecule has 0 bridgehead atoms. The van der Waals surface area contributed by atoms with E-state index in [4.69, 9.17) is 4.74 Å². The van der Waals surface area contributed by atoms with Crippen LogP contribution in [0.4, 0.5) is 5.69 Å². The van der Waals surface area contributed by atoms with E-state index in [0.29, 0.717) is 22.7 Å². The summed E-state index contributed by atoms with van der Waals surface area (Å²) in [5.41, 5.74) is 1.54. The van der Waals surface area contributed by atoms with Gasteiger partial charge in [-0.2, -0.15) is 0 Å². The number of nitro benzene ring substituents is 1. The molecule has 1 N–H and O–H groups in total. The number of carbonyl (C=O) groups excluding carboxylic acids is 1. The van der Waals surface area contributed by atoms with Crippen molar-refractivity contribution in [2.45, 2.75) is 13.0 Å². The van der Waals surface area contributed by atoms with Gasteiger partial charge in [0.05, 0.1) is 12.0 Å². The van der Waals surface area contributed by atoms with E-state index in [9.17, 15) is 14.9 Å². The van der Waals surface area contributed by atoms with Crippen LogP contribution in [0.25, 0.3) is 0 Å². The molecular formula is C20H20N4O4. The van der Waals surface area contributed by atoms with Gasteiger partial charge in [0.25, 0.3) is 11.6 Å². The number of aryl methyl sites for hydroxylation is 2. The van der Waals surface area contributed by atoms with Crippen LogP contribution in [0.1, 0.15) is 33.4 Å². The Morgan fingerprint density at radius 1 is 1.29 bits per heavy atom. The largest absolute Gasteiger partial charge is 0.497 e. The summed E-state index contributed by atoms with van der Waals surface area (Å²) in [4.78, 5) is 27.8. The molecule has 3 aromatic rings. The fourth-order valence-corrected chi connectivity index (χ4v) is 2.99. The second-order valence-electron chi connectivity index (χ2n) is 6.34. The number of nitrogens with zero attached hydrogens (tertiary/aromatic N) is 3. The van der Waals surface area contributed by atoms with Crippen LogP contribution < -0.4 is 10.1 Å². The summed E-state index contributed by atoms with van der Waals surface area (Å²) in [6.45, 7) is 1.60. The average molecular weight is 380 g/mol. The molecule has 0 radical (unpaired) electrons. The normalized spacial score (nSPS) is 11.7. The molecule has 2 aromatic carbocycles. The molecule has 0 saturated heterocycles. The summed E-state index contributed by atoms with van der Waals surface area (Å²) >= 11 is 0. The number of aromatic nitrogens is 2. The molecule has 0 aliphatic rings. The topological polar surface area (TPSA) is 99.3 Å². The number of methoxy groups -OCH3 is 1. The second kappa shape index (κ2) is 7.91. The maximum Gasteiger partial charge on any atom is 0.272 e. The zero-order chi connectivity index (χ0) is 20.3. The number of imidazole rings is 1. The first-order chi connectivity index (χ1) is 13.4. The molecular weight excluding hydrogens is 360 g/mol. The number of benzene rings is 2. The van der Waals surface area contributed by atoms with Gasteiger partial charge in [-0.1, -0.05) is 12.1 Å². The van der Waals surface area contributed by atoms with Gasteiger partial charge in [-0.25, -0.2) is 4.98 Å². The summed E-state index contributed by atoms with van der Waals surface area (Å²) in [7, 11) is 3.42. The van der Waals surface area contributed by atoms with Gasteiger partial charge in [0.1, 0.15) is 17.6 Å². The molecule has 1 aromatic heterocycles. The van der Waals surface area contributed by atoms with Crippen molar-refractivity contribution in [3.05, 3.63) is 87.5 Å². The Balaban J connectivity index is 1.96. The first-order valence-electron chi connectivity index (χ1n) is 8.57. The fraction of sp³-hybridized carbons (Fsp3) is 0.200.